The number of rotatable bonds is 3. The Morgan fingerprint density at radius 1 is 1.24 bits per heavy atom. The van der Waals surface area contributed by atoms with Crippen LogP contribution < -0.4 is 10.6 Å². The number of nitrogens with one attached hydrogen (secondary N) is 2. The molecule has 2 N–H and O–H groups in total. The fraction of sp³-hybridized carbons (Fsp3) is 0.333. The molecule has 1 aromatic heterocycles. The van der Waals surface area contributed by atoms with Crippen molar-refractivity contribution in [3.05, 3.63) is 35.7 Å². The number of carbonyl (C=O) groups excluding carboxylic acids is 1. The molecule has 6 heteroatoms. The third kappa shape index (κ3) is 4.03. The normalized spacial score (nSPS) is 15.2. The summed E-state index contributed by atoms with van der Waals surface area (Å²) in [5.74, 6) is 0.209. The van der Waals surface area contributed by atoms with E-state index in [1.54, 1.807) is 0 Å². The molecule has 1 aliphatic rings. The number of carbonyl (C=O) groups is 1. The van der Waals surface area contributed by atoms with Gasteiger partial charge in [0.2, 0.25) is 5.91 Å². The van der Waals surface area contributed by atoms with E-state index < -0.39 is 0 Å². The van der Waals surface area contributed by atoms with Crippen molar-refractivity contribution in [3.63, 3.8) is 0 Å². The topological polar surface area (TPSA) is 54.0 Å². The first-order chi connectivity index (χ1) is 9.83. The van der Waals surface area contributed by atoms with Gasteiger partial charge in [-0.25, -0.2) is 4.98 Å². The lowest BCUT2D eigenvalue weighted by molar-refractivity contribution is -0.120. The van der Waals surface area contributed by atoms with Crippen LogP contribution in [0.2, 0.25) is 0 Å². The number of halogens is 1. The second-order valence-corrected chi connectivity index (χ2v) is 5.78. The van der Waals surface area contributed by atoms with Gasteiger partial charge in [0.1, 0.15) is 0 Å². The Morgan fingerprint density at radius 2 is 1.95 bits per heavy atom. The van der Waals surface area contributed by atoms with Crippen molar-refractivity contribution in [1.82, 2.24) is 10.3 Å². The molecule has 112 valence electrons. The standard InChI is InChI=1S/C15H17N3OS.ClH/c19-14(12-6-8-16-9-7-12)18-15-17-13(10-20-15)11-4-2-1-3-5-11;/h1-5,10,12,16H,6-9H2,(H,17,18,19);1H. The predicted octanol–water partition coefficient (Wildman–Crippen LogP) is 3.17. The summed E-state index contributed by atoms with van der Waals surface area (Å²) in [6, 6.07) is 10.0. The Kier molecular flexibility index (Phi) is 5.73. The van der Waals surface area contributed by atoms with Crippen molar-refractivity contribution in [2.45, 2.75) is 12.8 Å². The van der Waals surface area contributed by atoms with Gasteiger partial charge >= 0.3 is 0 Å². The van der Waals surface area contributed by atoms with Crippen LogP contribution in [0.3, 0.4) is 0 Å². The molecule has 0 aliphatic carbocycles. The third-order valence-electron chi connectivity index (χ3n) is 3.51. The van der Waals surface area contributed by atoms with Crippen LogP contribution in [0.5, 0.6) is 0 Å². The van der Waals surface area contributed by atoms with Crippen molar-refractivity contribution in [1.29, 1.82) is 0 Å². The molecule has 0 atom stereocenters. The molecule has 21 heavy (non-hydrogen) atoms. The second-order valence-electron chi connectivity index (χ2n) is 4.92. The summed E-state index contributed by atoms with van der Waals surface area (Å²) in [5.41, 5.74) is 1.99. The van der Waals surface area contributed by atoms with Gasteiger partial charge in [0.05, 0.1) is 5.69 Å². The van der Waals surface area contributed by atoms with E-state index in [-0.39, 0.29) is 24.2 Å². The first-order valence-electron chi connectivity index (χ1n) is 6.85. The average molecular weight is 324 g/mol. The monoisotopic (exact) mass is 323 g/mol. The van der Waals surface area contributed by atoms with Crippen LogP contribution in [-0.4, -0.2) is 24.0 Å². The van der Waals surface area contributed by atoms with E-state index in [9.17, 15) is 4.79 Å². The van der Waals surface area contributed by atoms with Crippen LogP contribution >= 0.6 is 23.7 Å². The van der Waals surface area contributed by atoms with Crippen LogP contribution in [0, 0.1) is 5.92 Å². The smallest absolute Gasteiger partial charge is 0.229 e. The van der Waals surface area contributed by atoms with Gasteiger partial charge in [-0.15, -0.1) is 23.7 Å². The highest BCUT2D eigenvalue weighted by Gasteiger charge is 2.21. The van der Waals surface area contributed by atoms with Crippen molar-refractivity contribution < 1.29 is 4.79 Å². The molecule has 4 nitrogen and oxygen atoms in total. The molecule has 0 bridgehead atoms. The molecule has 1 aromatic carbocycles. The summed E-state index contributed by atoms with van der Waals surface area (Å²) < 4.78 is 0. The van der Waals surface area contributed by atoms with Gasteiger partial charge in [-0.05, 0) is 25.9 Å². The van der Waals surface area contributed by atoms with Crippen molar-refractivity contribution in [2.75, 3.05) is 18.4 Å². The number of benzene rings is 1. The fourth-order valence-electron chi connectivity index (χ4n) is 2.36. The summed E-state index contributed by atoms with van der Waals surface area (Å²) in [6.07, 6.45) is 1.81. The number of aromatic nitrogens is 1. The lowest BCUT2D eigenvalue weighted by atomic mass is 9.97. The van der Waals surface area contributed by atoms with Gasteiger partial charge in [0, 0.05) is 16.9 Å². The average Bonchev–Trinajstić information content (AvgIpc) is 2.97. The van der Waals surface area contributed by atoms with Crippen LogP contribution in [0.15, 0.2) is 35.7 Å². The Morgan fingerprint density at radius 3 is 2.67 bits per heavy atom. The molecule has 1 fully saturated rings. The van der Waals surface area contributed by atoms with E-state index in [1.165, 1.54) is 11.3 Å². The van der Waals surface area contributed by atoms with Gasteiger partial charge < -0.3 is 10.6 Å². The van der Waals surface area contributed by atoms with Gasteiger partial charge in [0.25, 0.3) is 0 Å². The summed E-state index contributed by atoms with van der Waals surface area (Å²) >= 11 is 1.48. The molecule has 0 unspecified atom stereocenters. The van der Waals surface area contributed by atoms with Gasteiger partial charge in [-0.2, -0.15) is 0 Å². The maximum Gasteiger partial charge on any atom is 0.229 e. The minimum Gasteiger partial charge on any atom is -0.317 e. The number of piperidine rings is 1. The van der Waals surface area contributed by atoms with Crippen LogP contribution in [-0.2, 0) is 4.79 Å². The molecular weight excluding hydrogens is 306 g/mol. The van der Waals surface area contributed by atoms with Gasteiger partial charge in [-0.3, -0.25) is 4.79 Å². The lowest BCUT2D eigenvalue weighted by Gasteiger charge is -2.20. The Bertz CT molecular complexity index is 582. The van der Waals surface area contributed by atoms with Crippen molar-refractivity contribution >= 4 is 34.8 Å². The zero-order chi connectivity index (χ0) is 13.8. The summed E-state index contributed by atoms with van der Waals surface area (Å²) in [5, 5.41) is 8.88. The number of nitrogens with zero attached hydrogens (tertiary/aromatic N) is 1. The molecule has 0 spiro atoms. The summed E-state index contributed by atoms with van der Waals surface area (Å²) in [6.45, 7) is 1.84. The van der Waals surface area contributed by atoms with E-state index in [2.05, 4.69) is 15.6 Å². The quantitative estimate of drug-likeness (QED) is 0.912. The maximum absolute atomic E-state index is 12.1. The molecule has 3 rings (SSSR count). The molecule has 1 aliphatic heterocycles. The summed E-state index contributed by atoms with van der Waals surface area (Å²) in [4.78, 5) is 16.6. The highest BCUT2D eigenvalue weighted by molar-refractivity contribution is 7.14. The van der Waals surface area contributed by atoms with E-state index in [0.717, 1.165) is 37.2 Å². The third-order valence-corrected chi connectivity index (χ3v) is 4.27. The Balaban J connectivity index is 0.00000161. The number of thiazole rings is 1. The Labute approximate surface area is 134 Å². The number of hydrogen-bond donors (Lipinski definition) is 2. The highest BCUT2D eigenvalue weighted by Crippen LogP contribution is 2.25. The van der Waals surface area contributed by atoms with Crippen LogP contribution in [0.25, 0.3) is 11.3 Å². The van der Waals surface area contributed by atoms with Gasteiger partial charge in [-0.1, -0.05) is 30.3 Å². The predicted molar refractivity (Wildman–Crippen MR) is 89.0 cm³/mol. The minimum absolute atomic E-state index is 0. The van der Waals surface area contributed by atoms with E-state index in [1.807, 2.05) is 35.7 Å². The van der Waals surface area contributed by atoms with Crippen LogP contribution in [0.1, 0.15) is 12.8 Å². The molecule has 1 amide bonds. The SMILES string of the molecule is Cl.O=C(Nc1nc(-c2ccccc2)cs1)C1CCNCC1. The minimum atomic E-state index is 0. The lowest BCUT2D eigenvalue weighted by Crippen LogP contribution is -2.34. The van der Waals surface area contributed by atoms with E-state index >= 15 is 0 Å². The van der Waals surface area contributed by atoms with Crippen LogP contribution in [0.4, 0.5) is 5.13 Å². The first kappa shape index (κ1) is 15.9. The fourth-order valence-corrected chi connectivity index (χ4v) is 3.09. The van der Waals surface area contributed by atoms with E-state index in [4.69, 9.17) is 0 Å². The van der Waals surface area contributed by atoms with Crippen molar-refractivity contribution in [3.8, 4) is 11.3 Å². The second kappa shape index (κ2) is 7.54. The molecule has 2 aromatic rings. The largest absolute Gasteiger partial charge is 0.317 e. The van der Waals surface area contributed by atoms with E-state index in [0.29, 0.717) is 5.13 Å². The zero-order valence-electron chi connectivity index (χ0n) is 11.5. The summed E-state index contributed by atoms with van der Waals surface area (Å²) in [7, 11) is 0. The molecular formula is C15H18ClN3OS. The first-order valence-corrected chi connectivity index (χ1v) is 7.73. The molecule has 1 saturated heterocycles. The molecule has 0 radical (unpaired) electrons. The number of amides is 1. The Hall–Kier alpha value is -1.43. The molecule has 0 saturated carbocycles. The maximum atomic E-state index is 12.1. The zero-order valence-corrected chi connectivity index (χ0v) is 13.2. The molecule has 2 heterocycles. The van der Waals surface area contributed by atoms with Crippen molar-refractivity contribution in [2.24, 2.45) is 5.92 Å². The number of hydrogen-bond acceptors (Lipinski definition) is 4. The number of anilines is 1. The highest BCUT2D eigenvalue weighted by atomic mass is 35.5. The van der Waals surface area contributed by atoms with Gasteiger partial charge in [0.15, 0.2) is 5.13 Å².